The van der Waals surface area contributed by atoms with Crippen molar-refractivity contribution in [3.8, 4) is 0 Å². The van der Waals surface area contributed by atoms with Crippen molar-refractivity contribution < 1.29 is 9.57 Å². The molecule has 4 nitrogen and oxygen atoms in total. The van der Waals surface area contributed by atoms with Gasteiger partial charge in [-0.3, -0.25) is 4.90 Å². The van der Waals surface area contributed by atoms with Crippen molar-refractivity contribution in [2.45, 2.75) is 32.9 Å². The van der Waals surface area contributed by atoms with Crippen LogP contribution in [0.1, 0.15) is 31.9 Å². The van der Waals surface area contributed by atoms with Gasteiger partial charge in [0.15, 0.2) is 0 Å². The van der Waals surface area contributed by atoms with Gasteiger partial charge in [0, 0.05) is 19.6 Å². The molecule has 0 aromatic heterocycles. The van der Waals surface area contributed by atoms with E-state index in [1.807, 2.05) is 20.8 Å². The summed E-state index contributed by atoms with van der Waals surface area (Å²) in [6, 6.07) is 8.44. The molecule has 4 heteroatoms. The van der Waals surface area contributed by atoms with E-state index >= 15 is 0 Å². The molecule has 0 aliphatic carbocycles. The molecule has 0 atom stereocenters. The van der Waals surface area contributed by atoms with Crippen molar-refractivity contribution in [2.24, 2.45) is 5.16 Å². The fraction of sp³-hybridized carbons (Fsp3) is 0.562. The smallest absolute Gasteiger partial charge is 0.129 e. The highest BCUT2D eigenvalue weighted by atomic mass is 16.6. The average molecular weight is 276 g/mol. The van der Waals surface area contributed by atoms with Gasteiger partial charge in [0.05, 0.1) is 19.4 Å². The number of hydrogen-bond donors (Lipinski definition) is 0. The Balaban J connectivity index is 1.86. The van der Waals surface area contributed by atoms with Crippen molar-refractivity contribution in [1.82, 2.24) is 4.90 Å². The van der Waals surface area contributed by atoms with E-state index in [0.717, 1.165) is 38.4 Å². The van der Waals surface area contributed by atoms with Crippen LogP contribution in [-0.4, -0.2) is 43.0 Å². The van der Waals surface area contributed by atoms with Crippen molar-refractivity contribution in [2.75, 3.05) is 26.3 Å². The highest BCUT2D eigenvalue weighted by Crippen LogP contribution is 2.10. The Kier molecular flexibility index (Phi) is 5.15. The molecule has 0 spiro atoms. The Morgan fingerprint density at radius 2 is 1.85 bits per heavy atom. The van der Waals surface area contributed by atoms with Gasteiger partial charge in [0.25, 0.3) is 0 Å². The maximum Gasteiger partial charge on any atom is 0.129 e. The summed E-state index contributed by atoms with van der Waals surface area (Å²) < 4.78 is 5.36. The molecule has 0 radical (unpaired) electrons. The van der Waals surface area contributed by atoms with Gasteiger partial charge in [-0.2, -0.15) is 0 Å². The van der Waals surface area contributed by atoms with Gasteiger partial charge in [0.1, 0.15) is 5.60 Å². The summed E-state index contributed by atoms with van der Waals surface area (Å²) in [5.41, 5.74) is 2.13. The van der Waals surface area contributed by atoms with E-state index in [0.29, 0.717) is 0 Å². The predicted octanol–water partition coefficient (Wildman–Crippen LogP) is 2.67. The van der Waals surface area contributed by atoms with E-state index < -0.39 is 0 Å². The summed E-state index contributed by atoms with van der Waals surface area (Å²) in [6.45, 7) is 10.6. The summed E-state index contributed by atoms with van der Waals surface area (Å²) in [4.78, 5) is 7.74. The first-order valence-electron chi connectivity index (χ1n) is 7.13. The van der Waals surface area contributed by atoms with E-state index in [1.165, 1.54) is 5.56 Å². The van der Waals surface area contributed by atoms with E-state index in [9.17, 15) is 0 Å². The van der Waals surface area contributed by atoms with Crippen LogP contribution in [0.3, 0.4) is 0 Å². The third-order valence-electron chi connectivity index (χ3n) is 3.02. The van der Waals surface area contributed by atoms with Crippen LogP contribution >= 0.6 is 0 Å². The molecule has 0 unspecified atom stereocenters. The maximum atomic E-state index is 5.36. The predicted molar refractivity (Wildman–Crippen MR) is 81.0 cm³/mol. The Bertz CT molecular complexity index is 429. The van der Waals surface area contributed by atoms with Crippen LogP contribution in [0.2, 0.25) is 0 Å². The van der Waals surface area contributed by atoms with Gasteiger partial charge >= 0.3 is 0 Å². The van der Waals surface area contributed by atoms with Crippen LogP contribution in [0.15, 0.2) is 29.4 Å². The molecule has 0 N–H and O–H groups in total. The number of morpholine rings is 1. The molecule has 0 saturated carbocycles. The van der Waals surface area contributed by atoms with Gasteiger partial charge in [-0.25, -0.2) is 0 Å². The molecule has 0 amide bonds. The zero-order chi connectivity index (χ0) is 14.4. The highest BCUT2D eigenvalue weighted by molar-refractivity contribution is 5.79. The van der Waals surface area contributed by atoms with Gasteiger partial charge in [-0.15, -0.1) is 0 Å². The van der Waals surface area contributed by atoms with E-state index in [4.69, 9.17) is 9.57 Å². The van der Waals surface area contributed by atoms with Crippen LogP contribution in [0.25, 0.3) is 0 Å². The van der Waals surface area contributed by atoms with Gasteiger partial charge in [-0.05, 0) is 31.9 Å². The largest absolute Gasteiger partial charge is 0.390 e. The Hall–Kier alpha value is -1.39. The van der Waals surface area contributed by atoms with Crippen molar-refractivity contribution in [1.29, 1.82) is 0 Å². The van der Waals surface area contributed by atoms with Crippen LogP contribution < -0.4 is 0 Å². The molecule has 20 heavy (non-hydrogen) atoms. The van der Waals surface area contributed by atoms with Crippen molar-refractivity contribution in [3.63, 3.8) is 0 Å². The van der Waals surface area contributed by atoms with Gasteiger partial charge in [0.2, 0.25) is 0 Å². The molecule has 1 aliphatic rings. The second-order valence-electron chi connectivity index (χ2n) is 6.07. The van der Waals surface area contributed by atoms with Gasteiger partial charge < -0.3 is 9.57 Å². The number of ether oxygens (including phenoxy) is 1. The monoisotopic (exact) mass is 276 g/mol. The quantitative estimate of drug-likeness (QED) is 0.626. The van der Waals surface area contributed by atoms with Crippen LogP contribution in [0, 0.1) is 0 Å². The standard InChI is InChI=1S/C16H24N2O2/c1-16(2,3)20-17-12-14-4-6-15(7-5-14)13-18-8-10-19-11-9-18/h4-7,12H,8-11,13H2,1-3H3/b17-12-. The molecule has 1 aromatic carbocycles. The normalized spacial score (nSPS) is 17.6. The molecule has 110 valence electrons. The minimum atomic E-state index is -0.243. The Morgan fingerprint density at radius 1 is 1.20 bits per heavy atom. The fourth-order valence-electron chi connectivity index (χ4n) is 1.97. The molecule has 1 aliphatic heterocycles. The minimum Gasteiger partial charge on any atom is -0.390 e. The Labute approximate surface area is 121 Å². The number of hydrogen-bond acceptors (Lipinski definition) is 4. The molecular formula is C16H24N2O2. The minimum absolute atomic E-state index is 0.243. The lowest BCUT2D eigenvalue weighted by Crippen LogP contribution is -2.35. The summed E-state index contributed by atoms with van der Waals surface area (Å²) in [6.07, 6.45) is 1.75. The summed E-state index contributed by atoms with van der Waals surface area (Å²) in [5, 5.41) is 4.01. The molecule has 1 aromatic rings. The third-order valence-corrected chi connectivity index (χ3v) is 3.02. The van der Waals surface area contributed by atoms with E-state index in [1.54, 1.807) is 6.21 Å². The topological polar surface area (TPSA) is 34.1 Å². The number of nitrogens with zero attached hydrogens (tertiary/aromatic N) is 2. The van der Waals surface area contributed by atoms with Crippen molar-refractivity contribution >= 4 is 6.21 Å². The number of benzene rings is 1. The van der Waals surface area contributed by atoms with E-state index in [-0.39, 0.29) is 5.60 Å². The summed E-state index contributed by atoms with van der Waals surface area (Å²) in [7, 11) is 0. The molecule has 1 heterocycles. The van der Waals surface area contributed by atoms with Crippen LogP contribution in [-0.2, 0) is 16.1 Å². The van der Waals surface area contributed by atoms with Crippen LogP contribution in [0.5, 0.6) is 0 Å². The third kappa shape index (κ3) is 5.31. The molecular weight excluding hydrogens is 252 g/mol. The number of rotatable bonds is 4. The molecule has 0 bridgehead atoms. The second kappa shape index (κ2) is 6.86. The SMILES string of the molecule is CC(C)(C)O/N=C\c1ccc(CN2CCOCC2)cc1. The van der Waals surface area contributed by atoms with E-state index in [2.05, 4.69) is 34.3 Å². The lowest BCUT2D eigenvalue weighted by atomic mass is 10.1. The first-order valence-corrected chi connectivity index (χ1v) is 7.13. The lowest BCUT2D eigenvalue weighted by molar-refractivity contribution is 0.00199. The van der Waals surface area contributed by atoms with Crippen molar-refractivity contribution in [3.05, 3.63) is 35.4 Å². The maximum absolute atomic E-state index is 5.36. The number of oxime groups is 1. The molecule has 1 saturated heterocycles. The first kappa shape index (κ1) is 15.0. The summed E-state index contributed by atoms with van der Waals surface area (Å²) in [5.74, 6) is 0. The molecule has 2 rings (SSSR count). The molecule has 1 fully saturated rings. The summed E-state index contributed by atoms with van der Waals surface area (Å²) >= 11 is 0. The van der Waals surface area contributed by atoms with Gasteiger partial charge in [-0.1, -0.05) is 29.4 Å². The average Bonchev–Trinajstić information content (AvgIpc) is 2.41. The highest BCUT2D eigenvalue weighted by Gasteiger charge is 2.10. The Morgan fingerprint density at radius 3 is 2.45 bits per heavy atom. The second-order valence-corrected chi connectivity index (χ2v) is 6.07. The zero-order valence-electron chi connectivity index (χ0n) is 12.6. The van der Waals surface area contributed by atoms with Crippen LogP contribution in [0.4, 0.5) is 0 Å². The lowest BCUT2D eigenvalue weighted by Gasteiger charge is -2.26. The zero-order valence-corrected chi connectivity index (χ0v) is 12.6. The fourth-order valence-corrected chi connectivity index (χ4v) is 1.97. The first-order chi connectivity index (χ1) is 9.53.